The van der Waals surface area contributed by atoms with Crippen LogP contribution in [-0.2, 0) is 16.6 Å². The molecule has 100 valence electrons. The third kappa shape index (κ3) is 2.69. The Hall–Kier alpha value is -0.620. The van der Waals surface area contributed by atoms with Crippen LogP contribution in [0, 0.1) is 0 Å². The summed E-state index contributed by atoms with van der Waals surface area (Å²) in [5.41, 5.74) is 6.21. The van der Waals surface area contributed by atoms with Gasteiger partial charge in [-0.05, 0) is 36.6 Å². The zero-order valence-electron chi connectivity index (χ0n) is 10.1. The first-order chi connectivity index (χ1) is 8.55. The van der Waals surface area contributed by atoms with Gasteiger partial charge in [-0.3, -0.25) is 0 Å². The number of halogens is 1. The lowest BCUT2D eigenvalue weighted by Gasteiger charge is -2.26. The van der Waals surface area contributed by atoms with Gasteiger partial charge in [0.1, 0.15) is 0 Å². The highest BCUT2D eigenvalue weighted by molar-refractivity contribution is 7.89. The molecule has 1 fully saturated rings. The average molecular weight is 289 g/mol. The molecule has 1 heterocycles. The summed E-state index contributed by atoms with van der Waals surface area (Å²) in [5.74, 6) is 0. The minimum atomic E-state index is -3.39. The number of benzene rings is 1. The van der Waals surface area contributed by atoms with Crippen molar-refractivity contribution in [1.29, 1.82) is 0 Å². The molecular weight excluding hydrogens is 272 g/mol. The molecule has 0 aliphatic carbocycles. The fraction of sp³-hybridized carbons (Fsp3) is 0.500. The van der Waals surface area contributed by atoms with Gasteiger partial charge < -0.3 is 5.73 Å². The minimum Gasteiger partial charge on any atom is -0.326 e. The molecular formula is C12H17ClN2O2S. The molecule has 2 N–H and O–H groups in total. The molecule has 1 aliphatic heterocycles. The first-order valence-electron chi connectivity index (χ1n) is 6.04. The van der Waals surface area contributed by atoms with Crippen molar-refractivity contribution in [2.75, 3.05) is 13.1 Å². The van der Waals surface area contributed by atoms with Crippen LogP contribution in [0.15, 0.2) is 23.1 Å². The molecule has 0 radical (unpaired) electrons. The van der Waals surface area contributed by atoms with Gasteiger partial charge in [0.25, 0.3) is 0 Å². The van der Waals surface area contributed by atoms with E-state index in [0.29, 0.717) is 23.7 Å². The van der Waals surface area contributed by atoms with Crippen LogP contribution >= 0.6 is 11.6 Å². The standard InChI is InChI=1S/C12H17ClN2O2S/c13-12-5-4-11(8-10(12)9-14)18(16,17)15-6-2-1-3-7-15/h4-5,8H,1-3,6-7,9,14H2. The lowest BCUT2D eigenvalue weighted by molar-refractivity contribution is 0.346. The minimum absolute atomic E-state index is 0.238. The molecule has 6 heteroatoms. The summed E-state index contributed by atoms with van der Waals surface area (Å²) >= 11 is 5.94. The van der Waals surface area contributed by atoms with E-state index in [1.807, 2.05) is 0 Å². The zero-order chi connectivity index (χ0) is 13.2. The van der Waals surface area contributed by atoms with Crippen molar-refractivity contribution in [3.05, 3.63) is 28.8 Å². The third-order valence-electron chi connectivity index (χ3n) is 3.19. The van der Waals surface area contributed by atoms with Crippen molar-refractivity contribution in [2.24, 2.45) is 5.73 Å². The Morgan fingerprint density at radius 1 is 1.22 bits per heavy atom. The molecule has 0 unspecified atom stereocenters. The van der Waals surface area contributed by atoms with Gasteiger partial charge in [0.15, 0.2) is 0 Å². The van der Waals surface area contributed by atoms with Crippen LogP contribution in [0.2, 0.25) is 5.02 Å². The number of hydrogen-bond donors (Lipinski definition) is 1. The third-order valence-corrected chi connectivity index (χ3v) is 5.45. The molecule has 0 spiro atoms. The number of sulfonamides is 1. The highest BCUT2D eigenvalue weighted by atomic mass is 35.5. The van der Waals surface area contributed by atoms with E-state index in [9.17, 15) is 8.42 Å². The average Bonchev–Trinajstić information content (AvgIpc) is 2.40. The fourth-order valence-electron chi connectivity index (χ4n) is 2.12. The van der Waals surface area contributed by atoms with E-state index in [4.69, 9.17) is 17.3 Å². The lowest BCUT2D eigenvalue weighted by atomic mass is 10.2. The van der Waals surface area contributed by atoms with E-state index in [1.54, 1.807) is 22.5 Å². The van der Waals surface area contributed by atoms with Gasteiger partial charge in [-0.2, -0.15) is 4.31 Å². The summed E-state index contributed by atoms with van der Waals surface area (Å²) in [6, 6.07) is 4.72. The SMILES string of the molecule is NCc1cc(S(=O)(=O)N2CCCCC2)ccc1Cl. The van der Waals surface area contributed by atoms with Crippen LogP contribution < -0.4 is 5.73 Å². The normalized spacial score (nSPS) is 17.9. The van der Waals surface area contributed by atoms with E-state index in [2.05, 4.69) is 0 Å². The maximum absolute atomic E-state index is 12.4. The lowest BCUT2D eigenvalue weighted by Crippen LogP contribution is -2.35. The van der Waals surface area contributed by atoms with E-state index in [-0.39, 0.29) is 11.4 Å². The summed E-state index contributed by atoms with van der Waals surface area (Å²) in [4.78, 5) is 0.286. The molecule has 2 rings (SSSR count). The molecule has 0 atom stereocenters. The Bertz CT molecular complexity index is 525. The van der Waals surface area contributed by atoms with E-state index in [0.717, 1.165) is 19.3 Å². The van der Waals surface area contributed by atoms with E-state index in [1.165, 1.54) is 0 Å². The second kappa shape index (κ2) is 5.57. The van der Waals surface area contributed by atoms with Gasteiger partial charge in [0.2, 0.25) is 10.0 Å². The number of hydrogen-bond acceptors (Lipinski definition) is 3. The van der Waals surface area contributed by atoms with Gasteiger partial charge in [0.05, 0.1) is 4.90 Å². The Labute approximate surface area is 113 Å². The zero-order valence-corrected chi connectivity index (χ0v) is 11.7. The van der Waals surface area contributed by atoms with Crippen molar-refractivity contribution < 1.29 is 8.42 Å². The number of rotatable bonds is 3. The Morgan fingerprint density at radius 3 is 2.50 bits per heavy atom. The predicted octanol–water partition coefficient (Wildman–Crippen LogP) is 1.97. The van der Waals surface area contributed by atoms with Crippen molar-refractivity contribution in [3.8, 4) is 0 Å². The predicted molar refractivity (Wildman–Crippen MR) is 72.0 cm³/mol. The van der Waals surface area contributed by atoms with Crippen LogP contribution in [0.5, 0.6) is 0 Å². The Kier molecular flexibility index (Phi) is 4.27. The molecule has 1 aromatic carbocycles. The summed E-state index contributed by atoms with van der Waals surface area (Å²) < 4.78 is 26.4. The summed E-state index contributed by atoms with van der Waals surface area (Å²) in [7, 11) is -3.39. The smallest absolute Gasteiger partial charge is 0.243 e. The second-order valence-electron chi connectivity index (χ2n) is 4.42. The topological polar surface area (TPSA) is 63.4 Å². The van der Waals surface area contributed by atoms with Crippen LogP contribution in [0.3, 0.4) is 0 Å². The monoisotopic (exact) mass is 288 g/mol. The van der Waals surface area contributed by atoms with Crippen LogP contribution in [-0.4, -0.2) is 25.8 Å². The maximum Gasteiger partial charge on any atom is 0.243 e. The molecule has 0 amide bonds. The van der Waals surface area contributed by atoms with E-state index < -0.39 is 10.0 Å². The second-order valence-corrected chi connectivity index (χ2v) is 6.77. The van der Waals surface area contributed by atoms with Gasteiger partial charge in [-0.15, -0.1) is 0 Å². The fourth-order valence-corrected chi connectivity index (χ4v) is 3.89. The molecule has 1 aliphatic rings. The van der Waals surface area contributed by atoms with Gasteiger partial charge >= 0.3 is 0 Å². The van der Waals surface area contributed by atoms with Crippen LogP contribution in [0.1, 0.15) is 24.8 Å². The number of piperidine rings is 1. The van der Waals surface area contributed by atoms with Crippen molar-refractivity contribution >= 4 is 21.6 Å². The molecule has 1 aromatic rings. The highest BCUT2D eigenvalue weighted by Gasteiger charge is 2.26. The quantitative estimate of drug-likeness (QED) is 0.925. The summed E-state index contributed by atoms with van der Waals surface area (Å²) in [6.45, 7) is 1.44. The molecule has 4 nitrogen and oxygen atoms in total. The van der Waals surface area contributed by atoms with Crippen LogP contribution in [0.4, 0.5) is 0 Å². The van der Waals surface area contributed by atoms with Crippen molar-refractivity contribution in [2.45, 2.75) is 30.7 Å². The first kappa shape index (κ1) is 13.8. The molecule has 0 bridgehead atoms. The molecule has 0 aromatic heterocycles. The number of nitrogens with two attached hydrogens (primary N) is 1. The maximum atomic E-state index is 12.4. The molecule has 1 saturated heterocycles. The molecule has 18 heavy (non-hydrogen) atoms. The van der Waals surface area contributed by atoms with Crippen molar-refractivity contribution in [1.82, 2.24) is 4.31 Å². The molecule has 0 saturated carbocycles. The van der Waals surface area contributed by atoms with Gasteiger partial charge in [-0.1, -0.05) is 18.0 Å². The van der Waals surface area contributed by atoms with Crippen LogP contribution in [0.25, 0.3) is 0 Å². The van der Waals surface area contributed by atoms with Crippen molar-refractivity contribution in [3.63, 3.8) is 0 Å². The Balaban J connectivity index is 2.34. The Morgan fingerprint density at radius 2 is 1.89 bits per heavy atom. The number of nitrogens with zero attached hydrogens (tertiary/aromatic N) is 1. The largest absolute Gasteiger partial charge is 0.326 e. The highest BCUT2D eigenvalue weighted by Crippen LogP contribution is 2.24. The van der Waals surface area contributed by atoms with Gasteiger partial charge in [0, 0.05) is 24.7 Å². The summed E-state index contributed by atoms with van der Waals surface area (Å²) in [5, 5.41) is 0.509. The van der Waals surface area contributed by atoms with Gasteiger partial charge in [-0.25, -0.2) is 8.42 Å². The van der Waals surface area contributed by atoms with E-state index >= 15 is 0 Å². The first-order valence-corrected chi connectivity index (χ1v) is 7.86. The summed E-state index contributed by atoms with van der Waals surface area (Å²) in [6.07, 6.45) is 2.95.